The minimum absolute atomic E-state index is 0.106. The van der Waals surface area contributed by atoms with Crippen molar-refractivity contribution in [2.75, 3.05) is 18.1 Å². The van der Waals surface area contributed by atoms with Crippen LogP contribution in [0, 0.1) is 18.8 Å². The Morgan fingerprint density at radius 1 is 1.43 bits per heavy atom. The molecule has 2 rings (SSSR count). The summed E-state index contributed by atoms with van der Waals surface area (Å²) in [7, 11) is 0. The van der Waals surface area contributed by atoms with Gasteiger partial charge in [-0.2, -0.15) is 0 Å². The highest BCUT2D eigenvalue weighted by Crippen LogP contribution is 2.27. The van der Waals surface area contributed by atoms with Crippen LogP contribution in [-0.2, 0) is 0 Å². The lowest BCUT2D eigenvalue weighted by Gasteiger charge is -2.07. The standard InChI is InChI=1S/C16H16N2OS2/c1-11-10-15(21-13(11)8-5-9-17)16(19)18-12-6-3-4-7-14(12)20-2/h3-4,6-7,10H,9,17H2,1-2H3,(H,18,19). The van der Waals surface area contributed by atoms with E-state index < -0.39 is 0 Å². The van der Waals surface area contributed by atoms with Gasteiger partial charge in [-0.05, 0) is 36.9 Å². The Balaban J connectivity index is 2.21. The van der Waals surface area contributed by atoms with E-state index in [-0.39, 0.29) is 5.91 Å². The van der Waals surface area contributed by atoms with Crippen molar-refractivity contribution in [1.82, 2.24) is 0 Å². The van der Waals surface area contributed by atoms with E-state index in [1.54, 1.807) is 11.8 Å². The quantitative estimate of drug-likeness (QED) is 0.674. The van der Waals surface area contributed by atoms with Crippen LogP contribution in [-0.4, -0.2) is 18.7 Å². The highest BCUT2D eigenvalue weighted by atomic mass is 32.2. The van der Waals surface area contributed by atoms with Crippen molar-refractivity contribution in [2.24, 2.45) is 5.73 Å². The molecule has 0 aliphatic rings. The molecule has 0 aliphatic heterocycles. The molecular weight excluding hydrogens is 300 g/mol. The monoisotopic (exact) mass is 316 g/mol. The summed E-state index contributed by atoms with van der Waals surface area (Å²) in [5, 5.41) is 2.95. The summed E-state index contributed by atoms with van der Waals surface area (Å²) in [5.74, 6) is 5.71. The molecule has 3 nitrogen and oxygen atoms in total. The van der Waals surface area contributed by atoms with Gasteiger partial charge >= 0.3 is 0 Å². The number of hydrogen-bond acceptors (Lipinski definition) is 4. The van der Waals surface area contributed by atoms with Crippen molar-refractivity contribution in [3.05, 3.63) is 45.6 Å². The van der Waals surface area contributed by atoms with Crippen molar-refractivity contribution in [1.29, 1.82) is 0 Å². The van der Waals surface area contributed by atoms with Crippen molar-refractivity contribution >= 4 is 34.7 Å². The highest BCUT2D eigenvalue weighted by molar-refractivity contribution is 7.98. The van der Waals surface area contributed by atoms with E-state index in [9.17, 15) is 4.79 Å². The fraction of sp³-hybridized carbons (Fsp3) is 0.188. The summed E-state index contributed by atoms with van der Waals surface area (Å²) in [5.41, 5.74) is 7.21. The average molecular weight is 316 g/mol. The molecule has 0 aliphatic carbocycles. The van der Waals surface area contributed by atoms with Gasteiger partial charge in [0.2, 0.25) is 0 Å². The minimum Gasteiger partial charge on any atom is -0.320 e. The van der Waals surface area contributed by atoms with E-state index in [4.69, 9.17) is 5.73 Å². The SMILES string of the molecule is CSc1ccccc1NC(=O)c1cc(C)c(C#CCN)s1. The number of carbonyl (C=O) groups is 1. The van der Waals surface area contributed by atoms with Crippen LogP contribution < -0.4 is 11.1 Å². The largest absolute Gasteiger partial charge is 0.320 e. The normalized spacial score (nSPS) is 9.86. The van der Waals surface area contributed by atoms with Crippen molar-refractivity contribution < 1.29 is 4.79 Å². The number of anilines is 1. The number of benzene rings is 1. The summed E-state index contributed by atoms with van der Waals surface area (Å²) < 4.78 is 0. The lowest BCUT2D eigenvalue weighted by Crippen LogP contribution is -2.10. The van der Waals surface area contributed by atoms with Crippen LogP contribution in [0.3, 0.4) is 0 Å². The lowest BCUT2D eigenvalue weighted by atomic mass is 10.2. The van der Waals surface area contributed by atoms with E-state index >= 15 is 0 Å². The zero-order valence-electron chi connectivity index (χ0n) is 11.9. The first-order valence-electron chi connectivity index (χ1n) is 6.39. The maximum Gasteiger partial charge on any atom is 0.265 e. The minimum atomic E-state index is -0.106. The fourth-order valence-electron chi connectivity index (χ4n) is 1.78. The lowest BCUT2D eigenvalue weighted by molar-refractivity contribution is 0.103. The second kappa shape index (κ2) is 7.32. The highest BCUT2D eigenvalue weighted by Gasteiger charge is 2.13. The van der Waals surface area contributed by atoms with Gasteiger partial charge in [0.25, 0.3) is 5.91 Å². The zero-order chi connectivity index (χ0) is 15.2. The van der Waals surface area contributed by atoms with Crippen LogP contribution in [0.4, 0.5) is 5.69 Å². The predicted octanol–water partition coefficient (Wildman–Crippen LogP) is 3.34. The Labute approximate surface area is 132 Å². The molecule has 0 saturated carbocycles. The number of hydrogen-bond donors (Lipinski definition) is 2. The molecule has 5 heteroatoms. The molecule has 0 bridgehead atoms. The molecule has 1 amide bonds. The Kier molecular flexibility index (Phi) is 5.45. The number of thiophene rings is 1. The van der Waals surface area contributed by atoms with Gasteiger partial charge in [-0.15, -0.1) is 23.1 Å². The van der Waals surface area contributed by atoms with E-state index in [2.05, 4.69) is 17.2 Å². The second-order valence-corrected chi connectivity index (χ2v) is 6.18. The smallest absolute Gasteiger partial charge is 0.265 e. The number of aryl methyl sites for hydroxylation is 1. The summed E-state index contributed by atoms with van der Waals surface area (Å²) in [6, 6.07) is 9.62. The van der Waals surface area contributed by atoms with Gasteiger partial charge in [0.05, 0.1) is 22.0 Å². The Hall–Kier alpha value is -1.74. The molecule has 1 heterocycles. The van der Waals surface area contributed by atoms with Gasteiger partial charge < -0.3 is 11.1 Å². The third kappa shape index (κ3) is 3.88. The van der Waals surface area contributed by atoms with E-state index in [1.165, 1.54) is 11.3 Å². The molecule has 0 atom stereocenters. The Morgan fingerprint density at radius 3 is 2.90 bits per heavy atom. The summed E-state index contributed by atoms with van der Waals surface area (Å²) in [6.45, 7) is 2.27. The molecule has 0 saturated heterocycles. The zero-order valence-corrected chi connectivity index (χ0v) is 13.5. The van der Waals surface area contributed by atoms with Gasteiger partial charge in [-0.25, -0.2) is 0 Å². The maximum absolute atomic E-state index is 12.3. The van der Waals surface area contributed by atoms with Crippen LogP contribution in [0.2, 0.25) is 0 Å². The van der Waals surface area contributed by atoms with Crippen LogP contribution >= 0.6 is 23.1 Å². The second-order valence-electron chi connectivity index (χ2n) is 4.28. The number of rotatable bonds is 3. The van der Waals surface area contributed by atoms with E-state index in [1.807, 2.05) is 43.5 Å². The topological polar surface area (TPSA) is 55.1 Å². The molecule has 1 aromatic carbocycles. The molecule has 2 aromatic rings. The maximum atomic E-state index is 12.3. The number of amides is 1. The molecule has 21 heavy (non-hydrogen) atoms. The molecule has 0 unspecified atom stereocenters. The van der Waals surface area contributed by atoms with Crippen LogP contribution in [0.1, 0.15) is 20.1 Å². The Morgan fingerprint density at radius 2 is 2.19 bits per heavy atom. The van der Waals surface area contributed by atoms with Gasteiger partial charge in [-0.3, -0.25) is 4.79 Å². The first-order valence-corrected chi connectivity index (χ1v) is 8.43. The van der Waals surface area contributed by atoms with E-state index in [0.717, 1.165) is 21.0 Å². The first kappa shape index (κ1) is 15.6. The number of thioether (sulfide) groups is 1. The van der Waals surface area contributed by atoms with Gasteiger partial charge in [-0.1, -0.05) is 24.0 Å². The summed E-state index contributed by atoms with van der Waals surface area (Å²) in [4.78, 5) is 14.9. The third-order valence-electron chi connectivity index (χ3n) is 2.80. The van der Waals surface area contributed by atoms with Crippen LogP contribution in [0.25, 0.3) is 0 Å². The Bertz CT molecular complexity index is 711. The molecule has 0 radical (unpaired) electrons. The van der Waals surface area contributed by atoms with Crippen molar-refractivity contribution in [3.8, 4) is 11.8 Å². The first-order chi connectivity index (χ1) is 10.2. The number of nitrogens with one attached hydrogen (secondary N) is 1. The molecular formula is C16H16N2OS2. The van der Waals surface area contributed by atoms with Gasteiger partial charge in [0.15, 0.2) is 0 Å². The summed E-state index contributed by atoms with van der Waals surface area (Å²) in [6.07, 6.45) is 1.99. The molecule has 1 aromatic heterocycles. The van der Waals surface area contributed by atoms with E-state index in [0.29, 0.717) is 11.4 Å². The predicted molar refractivity (Wildman–Crippen MR) is 91.2 cm³/mol. The molecule has 0 fully saturated rings. The summed E-state index contributed by atoms with van der Waals surface area (Å²) >= 11 is 3.00. The number of nitrogens with two attached hydrogens (primary N) is 1. The fourth-order valence-corrected chi connectivity index (χ4v) is 3.28. The third-order valence-corrected chi connectivity index (χ3v) is 4.75. The molecule has 3 N–H and O–H groups in total. The molecule has 108 valence electrons. The van der Waals surface area contributed by atoms with Crippen LogP contribution in [0.5, 0.6) is 0 Å². The van der Waals surface area contributed by atoms with Gasteiger partial charge in [0, 0.05) is 4.90 Å². The average Bonchev–Trinajstić information content (AvgIpc) is 2.87. The van der Waals surface area contributed by atoms with Crippen molar-refractivity contribution in [2.45, 2.75) is 11.8 Å². The van der Waals surface area contributed by atoms with Crippen molar-refractivity contribution in [3.63, 3.8) is 0 Å². The van der Waals surface area contributed by atoms with Crippen LogP contribution in [0.15, 0.2) is 35.2 Å². The number of carbonyl (C=O) groups excluding carboxylic acids is 1. The number of para-hydroxylation sites is 1. The molecule has 0 spiro atoms. The van der Waals surface area contributed by atoms with Gasteiger partial charge in [0.1, 0.15) is 0 Å².